The first-order valence-electron chi connectivity index (χ1n) is 6.59. The van der Waals surface area contributed by atoms with E-state index in [4.69, 9.17) is 26.2 Å². The summed E-state index contributed by atoms with van der Waals surface area (Å²) < 4.78 is 10.4. The molecule has 7 heteroatoms. The minimum Gasteiger partial charge on any atom is -0.493 e. The topological polar surface area (TPSA) is 84.9 Å². The van der Waals surface area contributed by atoms with Gasteiger partial charge in [-0.2, -0.15) is 0 Å². The molecule has 2 N–H and O–H groups in total. The number of halogens is 1. The van der Waals surface area contributed by atoms with Crippen molar-refractivity contribution in [2.45, 2.75) is 0 Å². The van der Waals surface area contributed by atoms with E-state index in [1.807, 2.05) is 0 Å². The van der Waals surface area contributed by atoms with Crippen molar-refractivity contribution in [3.05, 3.63) is 53.1 Å². The number of carbonyl (C=O) groups is 2. The second-order valence-corrected chi connectivity index (χ2v) is 4.95. The van der Waals surface area contributed by atoms with Crippen LogP contribution in [0.5, 0.6) is 11.5 Å². The van der Waals surface area contributed by atoms with E-state index >= 15 is 0 Å². The lowest BCUT2D eigenvalue weighted by molar-refractivity contribution is -0.118. The lowest BCUT2D eigenvalue weighted by Crippen LogP contribution is -2.20. The van der Waals surface area contributed by atoms with Crippen LogP contribution in [0.2, 0.25) is 5.02 Å². The quantitative estimate of drug-likeness (QED) is 0.847. The Hall–Kier alpha value is -2.73. The Kier molecular flexibility index (Phi) is 5.43. The van der Waals surface area contributed by atoms with Gasteiger partial charge >= 0.3 is 5.97 Å². The van der Waals surface area contributed by atoms with Crippen LogP contribution in [0.3, 0.4) is 0 Å². The average Bonchev–Trinajstić information content (AvgIpc) is 2.54. The third kappa shape index (κ3) is 4.62. The van der Waals surface area contributed by atoms with Gasteiger partial charge in [0.05, 0.1) is 12.7 Å². The van der Waals surface area contributed by atoms with E-state index in [9.17, 15) is 9.59 Å². The fourth-order valence-electron chi connectivity index (χ4n) is 1.79. The first kappa shape index (κ1) is 16.6. The van der Waals surface area contributed by atoms with Gasteiger partial charge in [-0.05, 0) is 42.5 Å². The third-order valence-electron chi connectivity index (χ3n) is 2.90. The molecule has 0 heterocycles. The smallest absolute Gasteiger partial charge is 0.335 e. The van der Waals surface area contributed by atoms with E-state index in [0.717, 1.165) is 0 Å². The highest BCUT2D eigenvalue weighted by Crippen LogP contribution is 2.28. The van der Waals surface area contributed by atoms with Crippen LogP contribution in [-0.2, 0) is 4.79 Å². The van der Waals surface area contributed by atoms with Crippen molar-refractivity contribution in [1.82, 2.24) is 0 Å². The second-order valence-electron chi connectivity index (χ2n) is 4.51. The molecule has 6 nitrogen and oxygen atoms in total. The summed E-state index contributed by atoms with van der Waals surface area (Å²) in [6, 6.07) is 10.8. The van der Waals surface area contributed by atoms with Gasteiger partial charge in [0.25, 0.3) is 5.91 Å². The van der Waals surface area contributed by atoms with E-state index in [2.05, 4.69) is 5.32 Å². The molecule has 0 radical (unpaired) electrons. The van der Waals surface area contributed by atoms with Crippen molar-refractivity contribution in [2.75, 3.05) is 19.0 Å². The van der Waals surface area contributed by atoms with Crippen molar-refractivity contribution in [2.24, 2.45) is 0 Å². The number of aromatic carboxylic acids is 1. The molecule has 0 aliphatic rings. The highest BCUT2D eigenvalue weighted by molar-refractivity contribution is 6.30. The predicted octanol–water partition coefficient (Wildman–Crippen LogP) is 3.06. The number of carboxylic acid groups (broad SMARTS) is 1. The SMILES string of the molecule is COc1cc(C(=O)O)ccc1OCC(=O)Nc1ccc(Cl)cc1. The monoisotopic (exact) mass is 335 g/mol. The second kappa shape index (κ2) is 7.51. The number of methoxy groups -OCH3 is 1. The maximum atomic E-state index is 11.8. The summed E-state index contributed by atoms with van der Waals surface area (Å²) in [5.41, 5.74) is 0.663. The number of carboxylic acids is 1. The van der Waals surface area contributed by atoms with Gasteiger partial charge in [0, 0.05) is 10.7 Å². The average molecular weight is 336 g/mol. The zero-order chi connectivity index (χ0) is 16.8. The van der Waals surface area contributed by atoms with Gasteiger partial charge in [-0.25, -0.2) is 4.79 Å². The molecule has 0 saturated heterocycles. The Morgan fingerprint density at radius 1 is 1.13 bits per heavy atom. The summed E-state index contributed by atoms with van der Waals surface area (Å²) in [4.78, 5) is 22.7. The van der Waals surface area contributed by atoms with E-state index in [-0.39, 0.29) is 29.6 Å². The molecule has 2 aromatic carbocycles. The maximum absolute atomic E-state index is 11.8. The molecule has 0 unspecified atom stereocenters. The van der Waals surface area contributed by atoms with E-state index < -0.39 is 5.97 Å². The van der Waals surface area contributed by atoms with Gasteiger partial charge in [-0.15, -0.1) is 0 Å². The highest BCUT2D eigenvalue weighted by Gasteiger charge is 2.11. The molecule has 0 aliphatic heterocycles. The van der Waals surface area contributed by atoms with Crippen LogP contribution in [-0.4, -0.2) is 30.7 Å². The Labute approximate surface area is 137 Å². The molecule has 0 aliphatic carbocycles. The van der Waals surface area contributed by atoms with Gasteiger partial charge in [0.2, 0.25) is 0 Å². The molecule has 0 spiro atoms. The normalized spacial score (nSPS) is 10.0. The summed E-state index contributed by atoms with van der Waals surface area (Å²) in [7, 11) is 1.39. The summed E-state index contributed by atoms with van der Waals surface area (Å²) in [5.74, 6) is -0.917. The van der Waals surface area contributed by atoms with Crippen LogP contribution in [0.25, 0.3) is 0 Å². The van der Waals surface area contributed by atoms with Gasteiger partial charge in [0.1, 0.15) is 0 Å². The van der Waals surface area contributed by atoms with Crippen molar-refractivity contribution in [1.29, 1.82) is 0 Å². The van der Waals surface area contributed by atoms with Crippen LogP contribution in [0, 0.1) is 0 Å². The lowest BCUT2D eigenvalue weighted by Gasteiger charge is -2.11. The Morgan fingerprint density at radius 2 is 1.83 bits per heavy atom. The largest absolute Gasteiger partial charge is 0.493 e. The standard InChI is InChI=1S/C16H14ClNO5/c1-22-14-8-10(16(20)21)2-7-13(14)23-9-15(19)18-12-5-3-11(17)4-6-12/h2-8H,9H2,1H3,(H,18,19)(H,20,21). The summed E-state index contributed by atoms with van der Waals surface area (Å²) in [6.45, 7) is -0.245. The van der Waals surface area contributed by atoms with E-state index in [0.29, 0.717) is 10.7 Å². The number of hydrogen-bond acceptors (Lipinski definition) is 4. The molecule has 0 aromatic heterocycles. The molecule has 120 valence electrons. The number of carbonyl (C=O) groups excluding carboxylic acids is 1. The van der Waals surface area contributed by atoms with Gasteiger partial charge in [0.15, 0.2) is 18.1 Å². The molecule has 23 heavy (non-hydrogen) atoms. The zero-order valence-corrected chi connectivity index (χ0v) is 13.0. The van der Waals surface area contributed by atoms with Gasteiger partial charge in [-0.3, -0.25) is 4.79 Å². The Morgan fingerprint density at radius 3 is 2.43 bits per heavy atom. The minimum atomic E-state index is -1.07. The van der Waals surface area contributed by atoms with Crippen LogP contribution in [0.1, 0.15) is 10.4 Å². The molecule has 0 fully saturated rings. The summed E-state index contributed by atoms with van der Waals surface area (Å²) >= 11 is 5.76. The summed E-state index contributed by atoms with van der Waals surface area (Å²) in [5, 5.41) is 12.1. The first-order chi connectivity index (χ1) is 11.0. The lowest BCUT2D eigenvalue weighted by atomic mass is 10.2. The van der Waals surface area contributed by atoms with E-state index in [1.54, 1.807) is 24.3 Å². The first-order valence-corrected chi connectivity index (χ1v) is 6.97. The molecule has 2 rings (SSSR count). The van der Waals surface area contributed by atoms with Crippen molar-refractivity contribution >= 4 is 29.2 Å². The minimum absolute atomic E-state index is 0.0693. The van der Waals surface area contributed by atoms with Crippen molar-refractivity contribution < 1.29 is 24.2 Å². The third-order valence-corrected chi connectivity index (χ3v) is 3.15. The van der Waals surface area contributed by atoms with Crippen molar-refractivity contribution in [3.8, 4) is 11.5 Å². The van der Waals surface area contributed by atoms with Crippen LogP contribution in [0.4, 0.5) is 5.69 Å². The van der Waals surface area contributed by atoms with Crippen LogP contribution >= 0.6 is 11.6 Å². The molecule has 0 bridgehead atoms. The number of hydrogen-bond donors (Lipinski definition) is 2. The summed E-state index contributed by atoms with van der Waals surface area (Å²) in [6.07, 6.45) is 0. The number of anilines is 1. The number of ether oxygens (including phenoxy) is 2. The predicted molar refractivity (Wildman–Crippen MR) is 85.5 cm³/mol. The van der Waals surface area contributed by atoms with Crippen LogP contribution in [0.15, 0.2) is 42.5 Å². The molecular weight excluding hydrogens is 322 g/mol. The number of nitrogens with one attached hydrogen (secondary N) is 1. The van der Waals surface area contributed by atoms with Crippen molar-refractivity contribution in [3.63, 3.8) is 0 Å². The van der Waals surface area contributed by atoms with Gasteiger partial charge < -0.3 is 19.9 Å². The highest BCUT2D eigenvalue weighted by atomic mass is 35.5. The number of rotatable bonds is 6. The fraction of sp³-hybridized carbons (Fsp3) is 0.125. The fourth-order valence-corrected chi connectivity index (χ4v) is 1.92. The van der Waals surface area contributed by atoms with Gasteiger partial charge in [-0.1, -0.05) is 11.6 Å². The Bertz CT molecular complexity index is 715. The molecule has 1 amide bonds. The number of benzene rings is 2. The molecule has 0 atom stereocenters. The molecule has 2 aromatic rings. The number of amides is 1. The molecule has 0 saturated carbocycles. The molecular formula is C16H14ClNO5. The van der Waals surface area contributed by atoms with E-state index in [1.165, 1.54) is 25.3 Å². The zero-order valence-electron chi connectivity index (χ0n) is 12.2. The Balaban J connectivity index is 1.98. The maximum Gasteiger partial charge on any atom is 0.335 e. The van der Waals surface area contributed by atoms with Crippen LogP contribution < -0.4 is 14.8 Å².